The van der Waals surface area contributed by atoms with Crippen LogP contribution < -0.4 is 10.6 Å². The highest BCUT2D eigenvalue weighted by atomic mass is 19.1. The molecule has 0 heterocycles. The Morgan fingerprint density at radius 2 is 1.74 bits per heavy atom. The zero-order chi connectivity index (χ0) is 16.7. The molecule has 23 heavy (non-hydrogen) atoms. The van der Waals surface area contributed by atoms with Gasteiger partial charge in [0.1, 0.15) is 29.0 Å². The van der Waals surface area contributed by atoms with E-state index in [1.54, 1.807) is 6.07 Å². The van der Waals surface area contributed by atoms with Crippen LogP contribution in [0.25, 0.3) is 0 Å². The summed E-state index contributed by atoms with van der Waals surface area (Å²) in [6.07, 6.45) is 0.974. The molecule has 4 nitrogen and oxygen atoms in total. The molecule has 0 aliphatic heterocycles. The van der Waals surface area contributed by atoms with Gasteiger partial charge in [-0.1, -0.05) is 36.4 Å². The number of benzene rings is 2. The van der Waals surface area contributed by atoms with E-state index in [4.69, 9.17) is 5.26 Å². The highest BCUT2D eigenvalue weighted by Crippen LogP contribution is 2.18. The molecule has 0 unspecified atom stereocenters. The summed E-state index contributed by atoms with van der Waals surface area (Å²) in [6.45, 7) is 0.243. The van der Waals surface area contributed by atoms with Crippen molar-refractivity contribution >= 4 is 11.6 Å². The maximum atomic E-state index is 13.5. The Morgan fingerprint density at radius 3 is 2.35 bits per heavy atom. The van der Waals surface area contributed by atoms with Crippen LogP contribution in [0.2, 0.25) is 0 Å². The number of halogens is 2. The first-order valence-corrected chi connectivity index (χ1v) is 6.74. The summed E-state index contributed by atoms with van der Waals surface area (Å²) >= 11 is 0. The zero-order valence-corrected chi connectivity index (χ0v) is 12.0. The van der Waals surface area contributed by atoms with Crippen LogP contribution >= 0.6 is 0 Å². The van der Waals surface area contributed by atoms with Gasteiger partial charge in [0.15, 0.2) is 0 Å². The maximum Gasteiger partial charge on any atom is 0.263 e. The number of hydrogen-bond acceptors (Lipinski definition) is 3. The topological polar surface area (TPSA) is 64.9 Å². The highest BCUT2D eigenvalue weighted by Gasteiger charge is 2.11. The van der Waals surface area contributed by atoms with Gasteiger partial charge in [-0.3, -0.25) is 4.79 Å². The molecular formula is C17H13F2N3O. The molecule has 0 saturated carbocycles. The smallest absolute Gasteiger partial charge is 0.263 e. The molecule has 0 bridgehead atoms. The number of carbonyl (C=O) groups excluding carboxylic acids is 1. The van der Waals surface area contributed by atoms with Crippen molar-refractivity contribution in [3.63, 3.8) is 0 Å². The number of nitriles is 1. The molecule has 0 fully saturated rings. The third kappa shape index (κ3) is 4.38. The Hall–Kier alpha value is -3.20. The molecule has 1 amide bonds. The second-order valence-corrected chi connectivity index (χ2v) is 4.58. The van der Waals surface area contributed by atoms with E-state index >= 15 is 0 Å². The minimum Gasteiger partial charge on any atom is -0.355 e. The first kappa shape index (κ1) is 16.2. The lowest BCUT2D eigenvalue weighted by Gasteiger charge is -2.06. The molecule has 2 rings (SSSR count). The standard InChI is InChI=1S/C17H13F2N3O/c18-14-7-4-8-15(19)16(14)21-11-13(9-20)17(23)22-10-12-5-2-1-3-6-12/h1-8,11,21H,10H2,(H,22,23)/b13-11-. The number of hydrogen-bond donors (Lipinski definition) is 2. The van der Waals surface area contributed by atoms with Gasteiger partial charge in [0.2, 0.25) is 0 Å². The fourth-order valence-electron chi connectivity index (χ4n) is 1.80. The minimum absolute atomic E-state index is 0.243. The first-order valence-electron chi connectivity index (χ1n) is 6.74. The van der Waals surface area contributed by atoms with E-state index in [1.807, 2.05) is 30.3 Å². The van der Waals surface area contributed by atoms with Gasteiger partial charge in [0.05, 0.1) is 0 Å². The minimum atomic E-state index is -0.816. The molecule has 2 aromatic carbocycles. The van der Waals surface area contributed by atoms with Crippen LogP contribution in [0.3, 0.4) is 0 Å². The van der Waals surface area contributed by atoms with E-state index in [0.29, 0.717) is 0 Å². The molecule has 0 aliphatic carbocycles. The Labute approximate surface area is 132 Å². The Balaban J connectivity index is 2.04. The summed E-state index contributed by atoms with van der Waals surface area (Å²) in [5.41, 5.74) is 0.158. The van der Waals surface area contributed by atoms with Gasteiger partial charge >= 0.3 is 0 Å². The fourth-order valence-corrected chi connectivity index (χ4v) is 1.80. The molecule has 0 saturated heterocycles. The SMILES string of the molecule is N#C/C(=C/Nc1c(F)cccc1F)C(=O)NCc1ccccc1. The van der Waals surface area contributed by atoms with E-state index in [1.165, 1.54) is 6.07 Å². The third-order valence-corrected chi connectivity index (χ3v) is 2.98. The average Bonchev–Trinajstić information content (AvgIpc) is 2.56. The predicted octanol–water partition coefficient (Wildman–Crippen LogP) is 3.10. The highest BCUT2D eigenvalue weighted by molar-refractivity contribution is 5.97. The van der Waals surface area contributed by atoms with Crippen molar-refractivity contribution in [2.75, 3.05) is 5.32 Å². The van der Waals surface area contributed by atoms with Crippen molar-refractivity contribution < 1.29 is 13.6 Å². The summed E-state index contributed by atoms with van der Waals surface area (Å²) in [6, 6.07) is 14.2. The molecule has 0 aromatic heterocycles. The van der Waals surface area contributed by atoms with Crippen molar-refractivity contribution in [3.05, 3.63) is 77.5 Å². The molecule has 0 atom stereocenters. The number of para-hydroxylation sites is 1. The zero-order valence-electron chi connectivity index (χ0n) is 12.0. The Bertz CT molecular complexity index is 747. The molecule has 6 heteroatoms. The van der Waals surface area contributed by atoms with Crippen LogP contribution in [0.4, 0.5) is 14.5 Å². The number of nitrogens with one attached hydrogen (secondary N) is 2. The van der Waals surface area contributed by atoms with Crippen molar-refractivity contribution in [2.45, 2.75) is 6.54 Å². The van der Waals surface area contributed by atoms with Crippen LogP contribution in [-0.2, 0) is 11.3 Å². The molecule has 0 spiro atoms. The van der Waals surface area contributed by atoms with Gasteiger partial charge in [-0.25, -0.2) is 8.78 Å². The van der Waals surface area contributed by atoms with Crippen LogP contribution in [0.5, 0.6) is 0 Å². The number of nitrogens with zero attached hydrogens (tertiary/aromatic N) is 1. The van der Waals surface area contributed by atoms with Gasteiger partial charge in [0.25, 0.3) is 5.91 Å². The molecule has 0 radical (unpaired) electrons. The second-order valence-electron chi connectivity index (χ2n) is 4.58. The van der Waals surface area contributed by atoms with Crippen molar-refractivity contribution in [1.82, 2.24) is 5.32 Å². The summed E-state index contributed by atoms with van der Waals surface area (Å²) in [5.74, 6) is -2.27. The van der Waals surface area contributed by atoms with Crippen molar-refractivity contribution in [2.24, 2.45) is 0 Å². The lowest BCUT2D eigenvalue weighted by atomic mass is 10.2. The predicted molar refractivity (Wildman–Crippen MR) is 82.0 cm³/mol. The molecular weight excluding hydrogens is 300 g/mol. The van der Waals surface area contributed by atoms with Gasteiger partial charge < -0.3 is 10.6 Å². The lowest BCUT2D eigenvalue weighted by Crippen LogP contribution is -2.24. The van der Waals surface area contributed by atoms with Gasteiger partial charge in [-0.15, -0.1) is 0 Å². The van der Waals surface area contributed by atoms with Crippen molar-refractivity contribution in [1.29, 1.82) is 5.26 Å². The van der Waals surface area contributed by atoms with E-state index in [2.05, 4.69) is 10.6 Å². The number of carbonyl (C=O) groups is 1. The second kappa shape index (κ2) is 7.71. The maximum absolute atomic E-state index is 13.5. The van der Waals surface area contributed by atoms with Crippen LogP contribution in [0, 0.1) is 23.0 Å². The van der Waals surface area contributed by atoms with E-state index in [9.17, 15) is 13.6 Å². The normalized spacial score (nSPS) is 10.7. The average molecular weight is 313 g/mol. The third-order valence-electron chi connectivity index (χ3n) is 2.98. The van der Waals surface area contributed by atoms with Crippen LogP contribution in [0.1, 0.15) is 5.56 Å². The number of anilines is 1. The van der Waals surface area contributed by atoms with Crippen LogP contribution in [0.15, 0.2) is 60.3 Å². The number of amides is 1. The summed E-state index contributed by atoms with van der Waals surface area (Å²) < 4.78 is 26.9. The summed E-state index contributed by atoms with van der Waals surface area (Å²) in [7, 11) is 0. The Kier molecular flexibility index (Phi) is 5.42. The summed E-state index contributed by atoms with van der Waals surface area (Å²) in [4.78, 5) is 11.9. The van der Waals surface area contributed by atoms with Gasteiger partial charge in [0, 0.05) is 12.7 Å². The van der Waals surface area contributed by atoms with E-state index in [0.717, 1.165) is 23.9 Å². The Morgan fingerprint density at radius 1 is 1.09 bits per heavy atom. The van der Waals surface area contributed by atoms with Crippen molar-refractivity contribution in [3.8, 4) is 6.07 Å². The first-order chi connectivity index (χ1) is 11.1. The van der Waals surface area contributed by atoms with Crippen LogP contribution in [-0.4, -0.2) is 5.91 Å². The molecule has 2 aromatic rings. The summed E-state index contributed by atoms with van der Waals surface area (Å²) in [5, 5.41) is 13.9. The van der Waals surface area contributed by atoms with E-state index in [-0.39, 0.29) is 12.1 Å². The van der Waals surface area contributed by atoms with Gasteiger partial charge in [-0.2, -0.15) is 5.26 Å². The monoisotopic (exact) mass is 313 g/mol. The number of rotatable bonds is 5. The largest absolute Gasteiger partial charge is 0.355 e. The molecule has 116 valence electrons. The lowest BCUT2D eigenvalue weighted by molar-refractivity contribution is -0.117. The molecule has 2 N–H and O–H groups in total. The quantitative estimate of drug-likeness (QED) is 0.658. The van der Waals surface area contributed by atoms with E-state index < -0.39 is 23.2 Å². The van der Waals surface area contributed by atoms with Gasteiger partial charge in [-0.05, 0) is 17.7 Å². The molecule has 0 aliphatic rings. The fraction of sp³-hybridized carbons (Fsp3) is 0.0588.